The molecule has 0 aliphatic rings. The highest BCUT2D eigenvalue weighted by molar-refractivity contribution is 5.86. The molecule has 156 valence electrons. The van der Waals surface area contributed by atoms with Crippen molar-refractivity contribution in [2.45, 2.75) is 39.3 Å². The van der Waals surface area contributed by atoms with Crippen LogP contribution in [-0.2, 0) is 11.3 Å². The van der Waals surface area contributed by atoms with Crippen LogP contribution < -0.4 is 10.1 Å². The van der Waals surface area contributed by atoms with Gasteiger partial charge in [0.2, 0.25) is 5.91 Å². The lowest BCUT2D eigenvalue weighted by molar-refractivity contribution is -0.122. The Morgan fingerprint density at radius 3 is 2.77 bits per heavy atom. The molecule has 4 rings (SSSR count). The van der Waals surface area contributed by atoms with Crippen molar-refractivity contribution in [3.8, 4) is 5.75 Å². The summed E-state index contributed by atoms with van der Waals surface area (Å²) in [6.07, 6.45) is 5.11. The third-order valence-electron chi connectivity index (χ3n) is 5.27. The molecule has 1 amide bonds. The van der Waals surface area contributed by atoms with Gasteiger partial charge >= 0.3 is 0 Å². The van der Waals surface area contributed by atoms with E-state index in [-0.39, 0.29) is 11.9 Å². The van der Waals surface area contributed by atoms with Gasteiger partial charge in [0.1, 0.15) is 5.75 Å². The van der Waals surface area contributed by atoms with Crippen molar-refractivity contribution in [2.75, 3.05) is 7.11 Å². The number of hydrogen-bond acceptors (Lipinski definition) is 4. The first-order chi connectivity index (χ1) is 14.6. The first-order valence-electron chi connectivity index (χ1n) is 10.3. The van der Waals surface area contributed by atoms with E-state index in [4.69, 9.17) is 4.74 Å². The number of methoxy groups -OCH3 is 1. The molecular formula is C23H27N5O2. The van der Waals surface area contributed by atoms with Crippen LogP contribution >= 0.6 is 0 Å². The van der Waals surface area contributed by atoms with Crippen LogP contribution in [-0.4, -0.2) is 32.2 Å². The first kappa shape index (κ1) is 19.9. The molecule has 0 aliphatic heterocycles. The summed E-state index contributed by atoms with van der Waals surface area (Å²) < 4.78 is 9.45. The second-order valence-corrected chi connectivity index (χ2v) is 7.89. The minimum atomic E-state index is -0.184. The van der Waals surface area contributed by atoms with Gasteiger partial charge in [-0.05, 0) is 42.7 Å². The van der Waals surface area contributed by atoms with E-state index >= 15 is 0 Å². The van der Waals surface area contributed by atoms with Crippen LogP contribution in [0.2, 0.25) is 0 Å². The second kappa shape index (κ2) is 8.57. The minimum absolute atomic E-state index is 0.00178. The molecule has 0 saturated heterocycles. The molecule has 7 heteroatoms. The van der Waals surface area contributed by atoms with Crippen LogP contribution in [0.3, 0.4) is 0 Å². The van der Waals surface area contributed by atoms with Crippen molar-refractivity contribution in [2.24, 2.45) is 5.92 Å². The lowest BCUT2D eigenvalue weighted by atomic mass is 10.0. The molecule has 3 aromatic heterocycles. The number of benzene rings is 1. The zero-order valence-corrected chi connectivity index (χ0v) is 17.6. The fourth-order valence-corrected chi connectivity index (χ4v) is 3.85. The third-order valence-corrected chi connectivity index (χ3v) is 5.27. The molecule has 7 nitrogen and oxygen atoms in total. The SMILES string of the molecule is COc1cccc2c1ccn2CCC(=O)N[C@H](CC(C)C)c1nnc2ccccn12. The Kier molecular flexibility index (Phi) is 5.70. The molecule has 0 spiro atoms. The number of carbonyl (C=O) groups is 1. The average molecular weight is 406 g/mol. The molecule has 1 aromatic carbocycles. The van der Waals surface area contributed by atoms with Crippen LogP contribution in [0.25, 0.3) is 16.6 Å². The van der Waals surface area contributed by atoms with Gasteiger partial charge in [0.15, 0.2) is 11.5 Å². The first-order valence-corrected chi connectivity index (χ1v) is 10.3. The smallest absolute Gasteiger partial charge is 0.222 e. The van der Waals surface area contributed by atoms with Crippen molar-refractivity contribution in [1.29, 1.82) is 0 Å². The van der Waals surface area contributed by atoms with Crippen LogP contribution in [0.4, 0.5) is 0 Å². The predicted molar refractivity (Wildman–Crippen MR) is 116 cm³/mol. The van der Waals surface area contributed by atoms with Crippen molar-refractivity contribution in [3.63, 3.8) is 0 Å². The second-order valence-electron chi connectivity index (χ2n) is 7.89. The maximum absolute atomic E-state index is 12.8. The molecule has 3 heterocycles. The molecular weight excluding hydrogens is 378 g/mol. The highest BCUT2D eigenvalue weighted by Crippen LogP contribution is 2.26. The quantitative estimate of drug-likeness (QED) is 0.481. The standard InChI is InChI=1S/C23H27N5O2/c1-16(2)15-18(23-26-25-21-9-4-5-12-28(21)23)24-22(29)11-14-27-13-10-17-19(27)7-6-8-20(17)30-3/h4-10,12-13,16,18H,11,14-15H2,1-3H3,(H,24,29)/t18-/m1/s1. The maximum atomic E-state index is 12.8. The van der Waals surface area contributed by atoms with Crippen molar-refractivity contribution in [3.05, 3.63) is 60.7 Å². The number of pyridine rings is 1. The van der Waals surface area contributed by atoms with E-state index in [1.165, 1.54) is 0 Å². The zero-order valence-electron chi connectivity index (χ0n) is 17.6. The van der Waals surface area contributed by atoms with Gasteiger partial charge in [-0.2, -0.15) is 0 Å². The summed E-state index contributed by atoms with van der Waals surface area (Å²) >= 11 is 0. The summed E-state index contributed by atoms with van der Waals surface area (Å²) in [4.78, 5) is 12.8. The minimum Gasteiger partial charge on any atom is -0.496 e. The van der Waals surface area contributed by atoms with Gasteiger partial charge in [-0.3, -0.25) is 9.20 Å². The maximum Gasteiger partial charge on any atom is 0.222 e. The Bertz CT molecular complexity index is 1160. The summed E-state index contributed by atoms with van der Waals surface area (Å²) in [5.74, 6) is 2.01. The Balaban J connectivity index is 1.48. The van der Waals surface area contributed by atoms with E-state index < -0.39 is 0 Å². The van der Waals surface area contributed by atoms with Gasteiger partial charge in [-0.1, -0.05) is 26.0 Å². The Hall–Kier alpha value is -3.35. The lowest BCUT2D eigenvalue weighted by Crippen LogP contribution is -2.31. The molecule has 0 bridgehead atoms. The van der Waals surface area contributed by atoms with Gasteiger partial charge in [-0.25, -0.2) is 0 Å². The monoisotopic (exact) mass is 405 g/mol. The molecule has 0 saturated carbocycles. The number of nitrogens with one attached hydrogen (secondary N) is 1. The third kappa shape index (κ3) is 4.01. The van der Waals surface area contributed by atoms with Gasteiger partial charge < -0.3 is 14.6 Å². The summed E-state index contributed by atoms with van der Waals surface area (Å²) in [7, 11) is 1.67. The van der Waals surface area contributed by atoms with E-state index in [9.17, 15) is 4.79 Å². The van der Waals surface area contributed by atoms with Crippen LogP contribution in [0.5, 0.6) is 5.75 Å². The van der Waals surface area contributed by atoms with Crippen LogP contribution in [0, 0.1) is 5.92 Å². The van der Waals surface area contributed by atoms with Crippen molar-refractivity contribution < 1.29 is 9.53 Å². The highest BCUT2D eigenvalue weighted by atomic mass is 16.5. The Morgan fingerprint density at radius 1 is 1.10 bits per heavy atom. The molecule has 0 unspecified atom stereocenters. The number of aromatic nitrogens is 4. The number of hydrogen-bond donors (Lipinski definition) is 1. The van der Waals surface area contributed by atoms with Gasteiger partial charge in [-0.15, -0.1) is 10.2 Å². The van der Waals surface area contributed by atoms with Crippen LogP contribution in [0.1, 0.15) is 38.6 Å². The fraction of sp³-hybridized carbons (Fsp3) is 0.348. The zero-order chi connectivity index (χ0) is 21.1. The number of nitrogens with zero attached hydrogens (tertiary/aromatic N) is 4. The highest BCUT2D eigenvalue weighted by Gasteiger charge is 2.21. The summed E-state index contributed by atoms with van der Waals surface area (Å²) in [5, 5.41) is 12.8. The number of ether oxygens (including phenoxy) is 1. The summed E-state index contributed by atoms with van der Waals surface area (Å²) in [5.41, 5.74) is 1.84. The number of amides is 1. The van der Waals surface area contributed by atoms with E-state index in [1.807, 2.05) is 59.3 Å². The normalized spacial score (nSPS) is 12.5. The summed E-state index contributed by atoms with van der Waals surface area (Å²) in [6.45, 7) is 4.88. The van der Waals surface area contributed by atoms with Gasteiger partial charge in [0, 0.05) is 30.7 Å². The molecule has 30 heavy (non-hydrogen) atoms. The van der Waals surface area contributed by atoms with Gasteiger partial charge in [0.05, 0.1) is 18.7 Å². The largest absolute Gasteiger partial charge is 0.496 e. The van der Waals surface area contributed by atoms with E-state index in [0.717, 1.165) is 34.5 Å². The summed E-state index contributed by atoms with van der Waals surface area (Å²) in [6, 6.07) is 13.6. The molecule has 1 N–H and O–H groups in total. The van der Waals surface area contributed by atoms with Crippen molar-refractivity contribution in [1.82, 2.24) is 24.5 Å². The number of fused-ring (bicyclic) bond motifs is 2. The number of carbonyl (C=O) groups excluding carboxylic acids is 1. The fourth-order valence-electron chi connectivity index (χ4n) is 3.85. The van der Waals surface area contributed by atoms with Crippen molar-refractivity contribution >= 4 is 22.5 Å². The molecule has 4 aromatic rings. The van der Waals surface area contributed by atoms with Gasteiger partial charge in [0.25, 0.3) is 0 Å². The molecule has 0 aliphatic carbocycles. The Morgan fingerprint density at radius 2 is 1.97 bits per heavy atom. The molecule has 1 atom stereocenters. The molecule has 0 fully saturated rings. The molecule has 0 radical (unpaired) electrons. The predicted octanol–water partition coefficient (Wildman–Crippen LogP) is 3.99. The topological polar surface area (TPSA) is 73.4 Å². The number of aryl methyl sites for hydroxylation is 1. The van der Waals surface area contributed by atoms with E-state index in [0.29, 0.717) is 18.9 Å². The average Bonchev–Trinajstić information content (AvgIpc) is 3.35. The van der Waals surface area contributed by atoms with E-state index in [2.05, 4.69) is 33.9 Å². The lowest BCUT2D eigenvalue weighted by Gasteiger charge is -2.19. The Labute approximate surface area is 175 Å². The van der Waals surface area contributed by atoms with E-state index in [1.54, 1.807) is 7.11 Å². The number of rotatable bonds is 8. The van der Waals surface area contributed by atoms with Crippen LogP contribution in [0.15, 0.2) is 54.9 Å².